The zero-order valence-electron chi connectivity index (χ0n) is 18.0. The summed E-state index contributed by atoms with van der Waals surface area (Å²) in [6.45, 7) is 6.57. The number of hydrogen-bond donors (Lipinski definition) is 0. The van der Waals surface area contributed by atoms with E-state index in [2.05, 4.69) is 13.8 Å². The third-order valence-electron chi connectivity index (χ3n) is 5.28. The topological polar surface area (TPSA) is 9.23 Å². The van der Waals surface area contributed by atoms with Crippen LogP contribution in [-0.2, 0) is 4.74 Å². The Balaban J connectivity index is 0. The standard InChI is InChI=1S/C24H50O.Li.H/c1-3-5-7-9-11-13-15-17-19-21-23-25-24-22-20-18-16-14-12-10-8-6-4-2;;/h3-24H2,1-2H3;;. The number of rotatable bonds is 22. The molecule has 0 saturated heterocycles. The van der Waals surface area contributed by atoms with E-state index in [1.807, 2.05) is 0 Å². The van der Waals surface area contributed by atoms with Gasteiger partial charge in [0.05, 0.1) is 0 Å². The molecule has 1 nitrogen and oxygen atoms in total. The van der Waals surface area contributed by atoms with Crippen LogP contribution >= 0.6 is 0 Å². The molecule has 26 heavy (non-hydrogen) atoms. The van der Waals surface area contributed by atoms with Gasteiger partial charge in [-0.05, 0) is 12.8 Å². The van der Waals surface area contributed by atoms with Gasteiger partial charge in [-0.3, -0.25) is 0 Å². The molecule has 0 aliphatic heterocycles. The van der Waals surface area contributed by atoms with Crippen LogP contribution < -0.4 is 0 Å². The summed E-state index contributed by atoms with van der Waals surface area (Å²) in [4.78, 5) is 0. The Labute approximate surface area is 179 Å². The fourth-order valence-electron chi connectivity index (χ4n) is 3.49. The summed E-state index contributed by atoms with van der Waals surface area (Å²) in [6.07, 6.45) is 28.2. The second kappa shape index (κ2) is 27.8. The third-order valence-corrected chi connectivity index (χ3v) is 5.28. The van der Waals surface area contributed by atoms with E-state index in [0.717, 1.165) is 13.2 Å². The van der Waals surface area contributed by atoms with E-state index < -0.39 is 0 Å². The molecule has 0 atom stereocenters. The molecule has 0 aromatic heterocycles. The minimum absolute atomic E-state index is 0. The number of unbranched alkanes of at least 4 members (excludes halogenated alkanes) is 18. The van der Waals surface area contributed by atoms with Crippen molar-refractivity contribution in [2.45, 2.75) is 142 Å². The van der Waals surface area contributed by atoms with Gasteiger partial charge in [0.25, 0.3) is 0 Å². The van der Waals surface area contributed by atoms with Crippen molar-refractivity contribution in [2.75, 3.05) is 13.2 Å². The summed E-state index contributed by atoms with van der Waals surface area (Å²) < 4.78 is 5.78. The van der Waals surface area contributed by atoms with Crippen molar-refractivity contribution in [3.05, 3.63) is 0 Å². The van der Waals surface area contributed by atoms with Gasteiger partial charge in [-0.1, -0.05) is 129 Å². The Kier molecular flexibility index (Phi) is 30.7. The maximum atomic E-state index is 5.78. The van der Waals surface area contributed by atoms with E-state index in [-0.39, 0.29) is 18.9 Å². The molecule has 0 bridgehead atoms. The quantitative estimate of drug-likeness (QED) is 0.139. The van der Waals surface area contributed by atoms with Crippen LogP contribution in [0.3, 0.4) is 0 Å². The molecule has 0 aromatic carbocycles. The molecule has 154 valence electrons. The summed E-state index contributed by atoms with van der Waals surface area (Å²) in [7, 11) is 0. The first-order chi connectivity index (χ1) is 12.4. The molecule has 0 unspecified atom stereocenters. The predicted molar refractivity (Wildman–Crippen MR) is 122 cm³/mol. The molecule has 0 fully saturated rings. The molecule has 2 heteroatoms. The zero-order valence-corrected chi connectivity index (χ0v) is 18.0. The Morgan fingerprint density at radius 1 is 0.346 bits per heavy atom. The second-order valence-electron chi connectivity index (χ2n) is 7.98. The summed E-state index contributed by atoms with van der Waals surface area (Å²) in [5.41, 5.74) is 0. The van der Waals surface area contributed by atoms with Crippen molar-refractivity contribution in [3.8, 4) is 0 Å². The third kappa shape index (κ3) is 26.8. The average Bonchev–Trinajstić information content (AvgIpc) is 2.63. The molecule has 0 saturated carbocycles. The van der Waals surface area contributed by atoms with E-state index in [1.165, 1.54) is 128 Å². The van der Waals surface area contributed by atoms with Crippen LogP contribution in [0, 0.1) is 0 Å². The fourth-order valence-corrected chi connectivity index (χ4v) is 3.49. The number of hydrogen-bond acceptors (Lipinski definition) is 1. The molecule has 0 aliphatic carbocycles. The molecule has 0 aliphatic rings. The van der Waals surface area contributed by atoms with E-state index >= 15 is 0 Å². The van der Waals surface area contributed by atoms with Gasteiger partial charge in [0.1, 0.15) is 0 Å². The van der Waals surface area contributed by atoms with Crippen LogP contribution in [0.15, 0.2) is 0 Å². The van der Waals surface area contributed by atoms with E-state index in [0.29, 0.717) is 0 Å². The molecule has 0 rings (SSSR count). The average molecular weight is 363 g/mol. The monoisotopic (exact) mass is 362 g/mol. The van der Waals surface area contributed by atoms with Crippen molar-refractivity contribution in [1.82, 2.24) is 0 Å². The first-order valence-electron chi connectivity index (χ1n) is 12.0. The SMILES string of the molecule is CCCCCCCCCCCCOCCCCCCCCCCCC.[LiH]. The Morgan fingerprint density at radius 3 is 0.846 bits per heavy atom. The van der Waals surface area contributed by atoms with Crippen molar-refractivity contribution >= 4 is 18.9 Å². The minimum atomic E-state index is 0. The van der Waals surface area contributed by atoms with Crippen molar-refractivity contribution in [2.24, 2.45) is 0 Å². The Hall–Kier alpha value is 0.557. The van der Waals surface area contributed by atoms with Crippen molar-refractivity contribution < 1.29 is 4.74 Å². The van der Waals surface area contributed by atoms with Gasteiger partial charge >= 0.3 is 18.9 Å². The molecular weight excluding hydrogens is 311 g/mol. The van der Waals surface area contributed by atoms with E-state index in [4.69, 9.17) is 4.74 Å². The van der Waals surface area contributed by atoms with Crippen molar-refractivity contribution in [3.63, 3.8) is 0 Å². The molecule has 0 amide bonds. The normalized spacial score (nSPS) is 10.8. The summed E-state index contributed by atoms with van der Waals surface area (Å²) >= 11 is 0. The summed E-state index contributed by atoms with van der Waals surface area (Å²) in [5.74, 6) is 0. The Morgan fingerprint density at radius 2 is 0.577 bits per heavy atom. The van der Waals surface area contributed by atoms with Gasteiger partial charge in [0, 0.05) is 13.2 Å². The molecule has 0 radical (unpaired) electrons. The molecule has 0 aromatic rings. The first kappa shape index (κ1) is 28.8. The maximum absolute atomic E-state index is 5.78. The zero-order chi connectivity index (χ0) is 18.3. The van der Waals surface area contributed by atoms with Gasteiger partial charge < -0.3 is 4.74 Å². The predicted octanol–water partition coefficient (Wildman–Crippen LogP) is 8.20. The van der Waals surface area contributed by atoms with E-state index in [9.17, 15) is 0 Å². The van der Waals surface area contributed by atoms with Gasteiger partial charge in [-0.15, -0.1) is 0 Å². The Bertz CT molecular complexity index is 198. The van der Waals surface area contributed by atoms with Crippen LogP contribution in [0.4, 0.5) is 0 Å². The van der Waals surface area contributed by atoms with Gasteiger partial charge in [0.15, 0.2) is 0 Å². The first-order valence-corrected chi connectivity index (χ1v) is 12.0. The second-order valence-corrected chi connectivity index (χ2v) is 7.98. The van der Waals surface area contributed by atoms with Crippen LogP contribution in [0.2, 0.25) is 0 Å². The van der Waals surface area contributed by atoms with Gasteiger partial charge in [-0.25, -0.2) is 0 Å². The molecular formula is C24H51LiO. The summed E-state index contributed by atoms with van der Waals surface area (Å²) in [5, 5.41) is 0. The molecule has 0 spiro atoms. The fraction of sp³-hybridized carbons (Fsp3) is 1.00. The van der Waals surface area contributed by atoms with Crippen LogP contribution in [-0.4, -0.2) is 32.1 Å². The van der Waals surface area contributed by atoms with Crippen molar-refractivity contribution in [1.29, 1.82) is 0 Å². The van der Waals surface area contributed by atoms with Crippen LogP contribution in [0.1, 0.15) is 142 Å². The number of ether oxygens (including phenoxy) is 1. The van der Waals surface area contributed by atoms with Gasteiger partial charge in [-0.2, -0.15) is 0 Å². The van der Waals surface area contributed by atoms with Gasteiger partial charge in [0.2, 0.25) is 0 Å². The van der Waals surface area contributed by atoms with Crippen LogP contribution in [0.25, 0.3) is 0 Å². The summed E-state index contributed by atoms with van der Waals surface area (Å²) in [6, 6.07) is 0. The van der Waals surface area contributed by atoms with Crippen LogP contribution in [0.5, 0.6) is 0 Å². The molecule has 0 N–H and O–H groups in total. The van der Waals surface area contributed by atoms with E-state index in [1.54, 1.807) is 0 Å². The molecule has 0 heterocycles.